The first kappa shape index (κ1) is 47.5. The average molecular weight is 888 g/mol. The molecule has 0 bridgehead atoms. The number of hydrogen-bond acceptors (Lipinski definition) is 11. The van der Waals surface area contributed by atoms with E-state index in [1.165, 1.54) is 7.11 Å². The molecule has 5 aromatic rings. The molecule has 0 spiro atoms. The molecule has 0 saturated carbocycles. The number of Topliss-reactive ketones (excluding diaryl/α,β-unsaturated/α-hetero) is 1. The predicted molar refractivity (Wildman–Crippen MR) is 244 cm³/mol. The van der Waals surface area contributed by atoms with Gasteiger partial charge in [-0.1, -0.05) is 135 Å². The lowest BCUT2D eigenvalue weighted by Crippen LogP contribution is -2.61. The van der Waals surface area contributed by atoms with Crippen LogP contribution >= 0.6 is 0 Å². The predicted octanol–water partition coefficient (Wildman–Crippen LogP) is 8.93. The van der Waals surface area contributed by atoms with Gasteiger partial charge >= 0.3 is 6.09 Å². The summed E-state index contributed by atoms with van der Waals surface area (Å²) in [5.41, 5.74) is 4.31. The van der Waals surface area contributed by atoms with Crippen LogP contribution in [0.4, 0.5) is 4.79 Å². The largest absolute Gasteiger partial charge is 0.457 e. The van der Waals surface area contributed by atoms with Gasteiger partial charge in [-0.25, -0.2) is 9.69 Å². The van der Waals surface area contributed by atoms with Crippen molar-refractivity contribution in [1.29, 1.82) is 0 Å². The van der Waals surface area contributed by atoms with Crippen molar-refractivity contribution in [2.75, 3.05) is 20.3 Å². The van der Waals surface area contributed by atoms with E-state index in [1.54, 1.807) is 19.9 Å². The summed E-state index contributed by atoms with van der Waals surface area (Å²) < 4.78 is 44.0. The number of aryl methyl sites for hydroxylation is 2. The number of ether oxygens (including phenoxy) is 6. The fourth-order valence-electron chi connectivity index (χ4n) is 9.13. The van der Waals surface area contributed by atoms with Crippen LogP contribution in [0, 0.1) is 18.8 Å². The highest BCUT2D eigenvalue weighted by atomic mass is 16.7. The van der Waals surface area contributed by atoms with Gasteiger partial charge in [0.15, 0.2) is 12.1 Å². The fourth-order valence-corrected chi connectivity index (χ4v) is 9.13. The van der Waals surface area contributed by atoms with Crippen molar-refractivity contribution < 1.29 is 52.3 Å². The third-order valence-electron chi connectivity index (χ3n) is 12.1. The number of aliphatic hydroxyl groups excluding tert-OH is 1. The highest BCUT2D eigenvalue weighted by Gasteiger charge is 2.54. The summed E-state index contributed by atoms with van der Waals surface area (Å²) in [6.45, 7) is 9.83. The van der Waals surface area contributed by atoms with E-state index in [9.17, 15) is 19.5 Å². The van der Waals surface area contributed by atoms with Gasteiger partial charge in [-0.05, 0) is 67.9 Å². The van der Waals surface area contributed by atoms with Gasteiger partial charge < -0.3 is 37.9 Å². The van der Waals surface area contributed by atoms with E-state index >= 15 is 0 Å². The number of furan rings is 1. The summed E-state index contributed by atoms with van der Waals surface area (Å²) in [4.78, 5) is 43.9. The number of methoxy groups -OCH3 is 1. The van der Waals surface area contributed by atoms with E-state index in [4.69, 9.17) is 32.8 Å². The Kier molecular flexibility index (Phi) is 15.8. The van der Waals surface area contributed by atoms with Crippen LogP contribution in [0.2, 0.25) is 0 Å². The average Bonchev–Trinajstić information content (AvgIpc) is 3.85. The molecule has 7 unspecified atom stereocenters. The highest BCUT2D eigenvalue weighted by molar-refractivity contribution is 6.12. The number of carbonyl (C=O) groups is 3. The molecule has 7 rings (SSSR count). The normalized spacial score (nSPS) is 22.2. The number of ketones is 1. The number of benzene rings is 4. The third-order valence-corrected chi connectivity index (χ3v) is 12.1. The number of aliphatic hydroxyl groups is 1. The van der Waals surface area contributed by atoms with Crippen LogP contribution in [-0.2, 0) is 59.3 Å². The Balaban J connectivity index is 1.15. The fraction of sp³-hybridized carbons (Fsp3) is 0.415. The molecule has 0 radical (unpaired) electrons. The Morgan fingerprint density at radius 1 is 0.785 bits per heavy atom. The zero-order valence-electron chi connectivity index (χ0n) is 38.1. The van der Waals surface area contributed by atoms with E-state index in [1.807, 2.05) is 136 Å². The van der Waals surface area contributed by atoms with E-state index in [0.717, 1.165) is 32.7 Å². The summed E-state index contributed by atoms with van der Waals surface area (Å²) in [5, 5.41) is 10.5. The number of cyclic esters (lactones) is 1. The number of rotatable bonds is 20. The molecule has 2 aliphatic heterocycles. The van der Waals surface area contributed by atoms with Crippen molar-refractivity contribution in [2.24, 2.45) is 11.8 Å². The molecular formula is C53H61NO11. The van der Waals surface area contributed by atoms with Crippen molar-refractivity contribution in [2.45, 2.75) is 109 Å². The molecule has 2 saturated heterocycles. The first-order chi connectivity index (χ1) is 31.4. The van der Waals surface area contributed by atoms with Crippen LogP contribution in [0.3, 0.4) is 0 Å². The standard InChI is InChI=1S/C53H61NO11/c1-34(2)49-53(4,5)65-52(58)54(49)50(57)41(29-36-19-10-7-11-20-36)45(56)43-30-40(39-25-16-18-35(3)28-39)42(63-43)26-17-27-60-48-47(62-33-38-23-14-9-15-24-38)46(44(31-55)64-51(48)59-6)61-32-37-21-12-8-13-22-37/h7-16,18-25,28,30,34,41,44,46-49,51,55H,17,26-27,29,31-33H2,1-6H3. The molecule has 2 aliphatic rings. The maximum atomic E-state index is 14.8. The minimum atomic E-state index is -1.27. The zero-order chi connectivity index (χ0) is 46.1. The molecule has 4 aromatic carbocycles. The van der Waals surface area contributed by atoms with Crippen LogP contribution in [0.25, 0.3) is 11.1 Å². The van der Waals surface area contributed by atoms with Gasteiger partial charge in [0.05, 0.1) is 25.9 Å². The first-order valence-electron chi connectivity index (χ1n) is 22.4. The Morgan fingerprint density at radius 3 is 1.98 bits per heavy atom. The molecule has 12 heteroatoms. The third kappa shape index (κ3) is 11.3. The van der Waals surface area contributed by atoms with E-state index in [0.29, 0.717) is 24.2 Å². The monoisotopic (exact) mass is 887 g/mol. The van der Waals surface area contributed by atoms with Gasteiger partial charge in [-0.15, -0.1) is 0 Å². The van der Waals surface area contributed by atoms with Gasteiger partial charge in [-0.3, -0.25) is 9.59 Å². The van der Waals surface area contributed by atoms with E-state index < -0.39 is 66.1 Å². The smallest absolute Gasteiger partial charge is 0.417 e. The SMILES string of the molecule is COC1OC(CO)C(OCc2ccccc2)C(OCc2ccccc2)C1OCCCc1oc(C(=O)C(Cc2ccccc2)C(=O)N2C(=O)OC(C)(C)C2C(C)C)cc1-c1cccc(C)c1. The zero-order valence-corrected chi connectivity index (χ0v) is 38.1. The van der Waals surface area contributed by atoms with Crippen molar-refractivity contribution in [1.82, 2.24) is 4.90 Å². The minimum absolute atomic E-state index is 0.0163. The molecule has 3 heterocycles. The van der Waals surface area contributed by atoms with Gasteiger partial charge in [0.1, 0.15) is 41.7 Å². The molecule has 2 fully saturated rings. The molecule has 7 atom stereocenters. The maximum Gasteiger partial charge on any atom is 0.417 e. The Hall–Kier alpha value is -5.47. The molecule has 65 heavy (non-hydrogen) atoms. The summed E-state index contributed by atoms with van der Waals surface area (Å²) in [5.74, 6) is -2.00. The lowest BCUT2D eigenvalue weighted by molar-refractivity contribution is -0.319. The van der Waals surface area contributed by atoms with Gasteiger partial charge in [0, 0.05) is 25.7 Å². The van der Waals surface area contributed by atoms with Crippen LogP contribution in [-0.4, -0.2) is 90.5 Å². The number of carbonyl (C=O) groups excluding carboxylic acids is 3. The van der Waals surface area contributed by atoms with Crippen LogP contribution in [0.1, 0.15) is 72.7 Å². The van der Waals surface area contributed by atoms with Crippen LogP contribution in [0.5, 0.6) is 0 Å². The molecular weight excluding hydrogens is 827 g/mol. The first-order valence-corrected chi connectivity index (χ1v) is 22.4. The topological polar surface area (TPSA) is 143 Å². The van der Waals surface area contributed by atoms with Crippen molar-refractivity contribution >= 4 is 17.8 Å². The molecule has 1 N–H and O–H groups in total. The van der Waals surface area contributed by atoms with Crippen molar-refractivity contribution in [3.8, 4) is 11.1 Å². The van der Waals surface area contributed by atoms with E-state index in [2.05, 4.69) is 0 Å². The van der Waals surface area contributed by atoms with E-state index in [-0.39, 0.29) is 44.5 Å². The van der Waals surface area contributed by atoms with Crippen molar-refractivity contribution in [3.05, 3.63) is 155 Å². The lowest BCUT2D eigenvalue weighted by atomic mass is 9.86. The quantitative estimate of drug-likeness (QED) is 0.0455. The van der Waals surface area contributed by atoms with Gasteiger partial charge in [0.25, 0.3) is 0 Å². The van der Waals surface area contributed by atoms with Crippen LogP contribution < -0.4 is 0 Å². The second-order valence-electron chi connectivity index (χ2n) is 17.7. The number of hydrogen-bond donors (Lipinski definition) is 1. The molecule has 0 aliphatic carbocycles. The molecule has 1 aromatic heterocycles. The number of amides is 2. The second-order valence-corrected chi connectivity index (χ2v) is 17.7. The Labute approximate surface area is 381 Å². The summed E-state index contributed by atoms with van der Waals surface area (Å²) in [6.07, 6.45) is -3.68. The lowest BCUT2D eigenvalue weighted by Gasteiger charge is -2.45. The maximum absolute atomic E-state index is 14.8. The minimum Gasteiger partial charge on any atom is -0.457 e. The number of nitrogens with zero attached hydrogens (tertiary/aromatic N) is 1. The summed E-state index contributed by atoms with van der Waals surface area (Å²) in [7, 11) is 1.52. The van der Waals surface area contributed by atoms with Gasteiger partial charge in [0.2, 0.25) is 11.7 Å². The summed E-state index contributed by atoms with van der Waals surface area (Å²) in [6, 6.07) is 37.9. The Morgan fingerprint density at radius 2 is 1.40 bits per heavy atom. The number of imide groups is 1. The van der Waals surface area contributed by atoms with Crippen molar-refractivity contribution in [3.63, 3.8) is 0 Å². The van der Waals surface area contributed by atoms with Gasteiger partial charge in [-0.2, -0.15) is 0 Å². The molecule has 2 amide bonds. The molecule has 12 nitrogen and oxygen atoms in total. The highest BCUT2D eigenvalue weighted by Crippen LogP contribution is 2.37. The van der Waals surface area contributed by atoms with Crippen LogP contribution in [0.15, 0.2) is 126 Å². The second kappa shape index (κ2) is 21.7. The molecule has 344 valence electrons. The Bertz CT molecular complexity index is 2330. The summed E-state index contributed by atoms with van der Waals surface area (Å²) >= 11 is 0.